The lowest BCUT2D eigenvalue weighted by atomic mass is 9.97. The summed E-state index contributed by atoms with van der Waals surface area (Å²) in [5, 5.41) is 22.6. The summed E-state index contributed by atoms with van der Waals surface area (Å²) in [6, 6.07) is 9.30. The van der Waals surface area contributed by atoms with Crippen molar-refractivity contribution >= 4 is 23.8 Å². The van der Waals surface area contributed by atoms with E-state index in [1.807, 2.05) is 32.0 Å². The Morgan fingerprint density at radius 3 is 2.17 bits per heavy atom. The topological polar surface area (TPSA) is 143 Å². The van der Waals surface area contributed by atoms with Gasteiger partial charge >= 0.3 is 0 Å². The second-order valence-electron chi connectivity index (χ2n) is 10.4. The van der Waals surface area contributed by atoms with Gasteiger partial charge in [0.2, 0.25) is 17.8 Å². The highest BCUT2D eigenvalue weighted by Gasteiger charge is 2.17. The first-order valence-electron chi connectivity index (χ1n) is 14.7. The SMILES string of the molecule is CC(C)[C@H](CO)Nc1nc(NCCOCCOCCNC(=O)c2ccccc2)nc(NC2CCCCCCC2)n1. The van der Waals surface area contributed by atoms with Gasteiger partial charge in [-0.25, -0.2) is 0 Å². The van der Waals surface area contributed by atoms with Crippen LogP contribution in [0, 0.1) is 5.92 Å². The first kappa shape index (κ1) is 31.5. The highest BCUT2D eigenvalue weighted by atomic mass is 16.5. The van der Waals surface area contributed by atoms with Gasteiger partial charge in [-0.3, -0.25) is 4.79 Å². The van der Waals surface area contributed by atoms with Crippen LogP contribution >= 0.6 is 0 Å². The normalized spacial score (nSPS) is 15.2. The first-order chi connectivity index (χ1) is 19.5. The van der Waals surface area contributed by atoms with Crippen molar-refractivity contribution in [1.82, 2.24) is 20.3 Å². The molecule has 11 heteroatoms. The van der Waals surface area contributed by atoms with Crippen LogP contribution in [0.25, 0.3) is 0 Å². The number of aliphatic hydroxyl groups excluding tert-OH is 1. The molecule has 0 bridgehead atoms. The van der Waals surface area contributed by atoms with E-state index in [4.69, 9.17) is 9.47 Å². The predicted octanol–water partition coefficient (Wildman–Crippen LogP) is 3.70. The lowest BCUT2D eigenvalue weighted by Crippen LogP contribution is -2.31. The van der Waals surface area contributed by atoms with E-state index in [1.165, 1.54) is 32.1 Å². The standard InChI is InChI=1S/C29H47N7O4/c1-22(2)25(21-37)33-29-35-27(34-28(36-29)32-24-13-9-4-3-5-10-14-24)31-16-18-40-20-19-39-17-15-30-26(38)23-11-7-6-8-12-23/h6-8,11-12,22,24-25,37H,3-5,9-10,13-21H2,1-2H3,(H,30,38)(H3,31,32,33,34,35,36)/t25-/m0/s1. The van der Waals surface area contributed by atoms with Gasteiger partial charge < -0.3 is 35.8 Å². The third-order valence-corrected chi connectivity index (χ3v) is 6.86. The van der Waals surface area contributed by atoms with Gasteiger partial charge in [-0.2, -0.15) is 15.0 Å². The second-order valence-corrected chi connectivity index (χ2v) is 10.4. The number of amides is 1. The third-order valence-electron chi connectivity index (χ3n) is 6.86. The fourth-order valence-electron chi connectivity index (χ4n) is 4.44. The zero-order valence-electron chi connectivity index (χ0n) is 24.0. The van der Waals surface area contributed by atoms with Gasteiger partial charge in [0.15, 0.2) is 0 Å². The van der Waals surface area contributed by atoms with Crippen molar-refractivity contribution in [2.45, 2.75) is 70.9 Å². The van der Waals surface area contributed by atoms with Crippen LogP contribution in [0.1, 0.15) is 69.2 Å². The van der Waals surface area contributed by atoms with Crippen molar-refractivity contribution in [3.63, 3.8) is 0 Å². The maximum absolute atomic E-state index is 12.0. The van der Waals surface area contributed by atoms with Gasteiger partial charge in [-0.1, -0.05) is 64.2 Å². The molecule has 1 aliphatic carbocycles. The third kappa shape index (κ3) is 12.0. The van der Waals surface area contributed by atoms with Crippen LogP contribution in [0.5, 0.6) is 0 Å². The smallest absolute Gasteiger partial charge is 0.251 e. The summed E-state index contributed by atoms with van der Waals surface area (Å²) in [4.78, 5) is 25.7. The van der Waals surface area contributed by atoms with E-state index in [9.17, 15) is 9.90 Å². The highest BCUT2D eigenvalue weighted by molar-refractivity contribution is 5.94. The van der Waals surface area contributed by atoms with E-state index in [1.54, 1.807) is 12.1 Å². The van der Waals surface area contributed by atoms with Gasteiger partial charge in [0.05, 0.1) is 39.1 Å². The van der Waals surface area contributed by atoms with E-state index in [2.05, 4.69) is 36.2 Å². The van der Waals surface area contributed by atoms with Crippen molar-refractivity contribution in [3.05, 3.63) is 35.9 Å². The summed E-state index contributed by atoms with van der Waals surface area (Å²) in [5.74, 6) is 1.55. The van der Waals surface area contributed by atoms with Crippen molar-refractivity contribution in [3.8, 4) is 0 Å². The Bertz CT molecular complexity index is 972. The summed E-state index contributed by atoms with van der Waals surface area (Å²) in [7, 11) is 0. The fraction of sp³-hybridized carbons (Fsp3) is 0.655. The number of nitrogens with zero attached hydrogens (tertiary/aromatic N) is 3. The molecule has 3 rings (SSSR count). The quantitative estimate of drug-likeness (QED) is 0.183. The number of carbonyl (C=O) groups is 1. The second kappa shape index (κ2) is 18.4. The highest BCUT2D eigenvalue weighted by Crippen LogP contribution is 2.21. The van der Waals surface area contributed by atoms with E-state index >= 15 is 0 Å². The number of rotatable bonds is 17. The van der Waals surface area contributed by atoms with E-state index in [0.717, 1.165) is 12.8 Å². The molecule has 222 valence electrons. The van der Waals surface area contributed by atoms with Crippen LogP contribution in [0.3, 0.4) is 0 Å². The van der Waals surface area contributed by atoms with Crippen molar-refractivity contribution in [2.24, 2.45) is 5.92 Å². The number of aliphatic hydroxyl groups is 1. The number of hydrogen-bond acceptors (Lipinski definition) is 10. The minimum Gasteiger partial charge on any atom is -0.394 e. The monoisotopic (exact) mass is 557 g/mol. The van der Waals surface area contributed by atoms with E-state index in [-0.39, 0.29) is 24.5 Å². The molecule has 1 fully saturated rings. The molecule has 0 aliphatic heterocycles. The molecule has 1 saturated carbocycles. The number of carbonyl (C=O) groups excluding carboxylic acids is 1. The first-order valence-corrected chi connectivity index (χ1v) is 14.7. The molecule has 0 spiro atoms. The molecule has 0 unspecified atom stereocenters. The van der Waals surface area contributed by atoms with Crippen LogP contribution in [0.4, 0.5) is 17.8 Å². The number of aromatic nitrogens is 3. The summed E-state index contributed by atoms with van der Waals surface area (Å²) in [6.45, 7) is 6.80. The molecule has 1 heterocycles. The number of anilines is 3. The molecule has 11 nitrogen and oxygen atoms in total. The van der Waals surface area contributed by atoms with Crippen LogP contribution in [0.15, 0.2) is 30.3 Å². The predicted molar refractivity (Wildman–Crippen MR) is 158 cm³/mol. The maximum atomic E-state index is 12.0. The van der Waals surface area contributed by atoms with Gasteiger partial charge in [-0.15, -0.1) is 0 Å². The Kier molecular flexibility index (Phi) is 14.5. The largest absolute Gasteiger partial charge is 0.394 e. The molecule has 1 aromatic heterocycles. The zero-order valence-corrected chi connectivity index (χ0v) is 24.0. The molecule has 1 atom stereocenters. The Morgan fingerprint density at radius 2 is 1.50 bits per heavy atom. The average molecular weight is 558 g/mol. The molecular weight excluding hydrogens is 510 g/mol. The zero-order chi connectivity index (χ0) is 28.4. The minimum atomic E-state index is -0.153. The van der Waals surface area contributed by atoms with Crippen molar-refractivity contribution in [2.75, 3.05) is 62.1 Å². The van der Waals surface area contributed by atoms with Crippen molar-refractivity contribution in [1.29, 1.82) is 0 Å². The van der Waals surface area contributed by atoms with Gasteiger partial charge in [0.1, 0.15) is 0 Å². The molecular formula is C29H47N7O4. The van der Waals surface area contributed by atoms with Gasteiger partial charge in [0.25, 0.3) is 5.91 Å². The Labute approximate surface area is 238 Å². The molecule has 1 aliphatic rings. The molecule has 40 heavy (non-hydrogen) atoms. The Morgan fingerprint density at radius 1 is 0.875 bits per heavy atom. The van der Waals surface area contributed by atoms with Gasteiger partial charge in [-0.05, 0) is 30.9 Å². The van der Waals surface area contributed by atoms with E-state index in [0.29, 0.717) is 69.0 Å². The number of nitrogens with one attached hydrogen (secondary N) is 4. The molecule has 0 radical (unpaired) electrons. The molecule has 2 aromatic rings. The van der Waals surface area contributed by atoms with Crippen molar-refractivity contribution < 1.29 is 19.4 Å². The van der Waals surface area contributed by atoms with Gasteiger partial charge in [0, 0.05) is 24.7 Å². The molecule has 1 amide bonds. The Balaban J connectivity index is 1.39. The molecule has 0 saturated heterocycles. The van der Waals surface area contributed by atoms with E-state index < -0.39 is 0 Å². The summed E-state index contributed by atoms with van der Waals surface area (Å²) in [5.41, 5.74) is 0.635. The molecule has 1 aromatic carbocycles. The van der Waals surface area contributed by atoms with Crippen LogP contribution in [0.2, 0.25) is 0 Å². The maximum Gasteiger partial charge on any atom is 0.251 e. The fourth-order valence-corrected chi connectivity index (χ4v) is 4.44. The summed E-state index contributed by atoms with van der Waals surface area (Å²) < 4.78 is 11.2. The number of ether oxygens (including phenoxy) is 2. The molecule has 5 N–H and O–H groups in total. The van der Waals surface area contributed by atoms with Crippen LogP contribution in [-0.2, 0) is 9.47 Å². The van der Waals surface area contributed by atoms with Crippen LogP contribution in [-0.4, -0.2) is 84.2 Å². The summed E-state index contributed by atoms with van der Waals surface area (Å²) >= 11 is 0. The summed E-state index contributed by atoms with van der Waals surface area (Å²) in [6.07, 6.45) is 8.51. The van der Waals surface area contributed by atoms with Crippen LogP contribution < -0.4 is 21.3 Å². The lowest BCUT2D eigenvalue weighted by molar-refractivity contribution is 0.0519. The Hall–Kier alpha value is -3.02. The minimum absolute atomic E-state index is 0.00714. The lowest BCUT2D eigenvalue weighted by Gasteiger charge is -2.23. The average Bonchev–Trinajstić information content (AvgIpc) is 2.94. The number of benzene rings is 1. The number of hydrogen-bond donors (Lipinski definition) is 5.